The van der Waals surface area contributed by atoms with Crippen LogP contribution < -0.4 is 14.3 Å². The highest BCUT2D eigenvalue weighted by Crippen LogP contribution is 2.31. The third kappa shape index (κ3) is 7.33. The molecule has 4 aromatic carbocycles. The number of rotatable bonds is 9. The van der Waals surface area contributed by atoms with E-state index in [4.69, 9.17) is 34.8 Å². The van der Waals surface area contributed by atoms with Crippen molar-refractivity contribution in [2.75, 3.05) is 20.9 Å². The molecule has 0 atom stereocenters. The monoisotopic (exact) mass is 651 g/mol. The average Bonchev–Trinajstić information content (AvgIpc) is 2.91. The van der Waals surface area contributed by atoms with Gasteiger partial charge in [0, 0.05) is 10.7 Å². The Kier molecular flexibility index (Phi) is 9.20. The van der Waals surface area contributed by atoms with Crippen molar-refractivity contribution in [3.63, 3.8) is 0 Å². The van der Waals surface area contributed by atoms with Gasteiger partial charge in [0.2, 0.25) is 5.91 Å². The van der Waals surface area contributed by atoms with Crippen molar-refractivity contribution >= 4 is 77.8 Å². The summed E-state index contributed by atoms with van der Waals surface area (Å²) < 4.78 is 56.1. The van der Waals surface area contributed by atoms with Gasteiger partial charge in [-0.3, -0.25) is 13.8 Å². The first-order valence-electron chi connectivity index (χ1n) is 12.0. The Balaban J connectivity index is 1.54. The van der Waals surface area contributed by atoms with E-state index in [-0.39, 0.29) is 31.2 Å². The molecule has 0 aliphatic heterocycles. The first kappa shape index (κ1) is 30.7. The van der Waals surface area contributed by atoms with Crippen LogP contribution in [-0.4, -0.2) is 29.3 Å². The van der Waals surface area contributed by atoms with Gasteiger partial charge < -0.3 is 5.32 Å². The maximum Gasteiger partial charge on any atom is 0.264 e. The van der Waals surface area contributed by atoms with Gasteiger partial charge in [0.15, 0.2) is 0 Å². The summed E-state index contributed by atoms with van der Waals surface area (Å²) in [5.74, 6) is -0.671. The molecule has 1 amide bonds. The van der Waals surface area contributed by atoms with Gasteiger partial charge in [-0.15, -0.1) is 0 Å². The van der Waals surface area contributed by atoms with Crippen LogP contribution in [0.1, 0.15) is 11.1 Å². The molecule has 8 nitrogen and oxygen atoms in total. The molecule has 0 radical (unpaired) electrons. The number of halogens is 3. The van der Waals surface area contributed by atoms with Crippen LogP contribution in [0.25, 0.3) is 0 Å². The molecule has 0 saturated heterocycles. The standard InChI is InChI=1S/C28H24Cl3N3O5S2/c1-18-3-10-24(11-4-18)41(38,39)34(22-9-14-25(29)27(31)16-22)17-28(35)32-20-7-12-23(13-8-20)40(36,37)33-21-6-5-19(2)26(30)15-21/h3-16,33H,17H2,1-2H3,(H,32,35). The van der Waals surface area contributed by atoms with Gasteiger partial charge in [-0.1, -0.05) is 58.6 Å². The number of carbonyl (C=O) groups is 1. The molecule has 0 fully saturated rings. The highest BCUT2D eigenvalue weighted by Gasteiger charge is 2.28. The van der Waals surface area contributed by atoms with E-state index >= 15 is 0 Å². The Morgan fingerprint density at radius 1 is 0.707 bits per heavy atom. The molecular formula is C28H24Cl3N3O5S2. The van der Waals surface area contributed by atoms with Crippen LogP contribution in [0.15, 0.2) is 94.7 Å². The van der Waals surface area contributed by atoms with Gasteiger partial charge in [-0.05, 0) is 86.1 Å². The first-order valence-corrected chi connectivity index (χ1v) is 16.1. The quantitative estimate of drug-likeness (QED) is 0.204. The van der Waals surface area contributed by atoms with E-state index in [1.54, 1.807) is 31.2 Å². The first-order chi connectivity index (χ1) is 19.3. The van der Waals surface area contributed by atoms with Crippen LogP contribution >= 0.6 is 34.8 Å². The Hall–Kier alpha value is -3.28. The second-order valence-electron chi connectivity index (χ2n) is 9.07. The van der Waals surface area contributed by atoms with Crippen LogP contribution in [0.2, 0.25) is 15.1 Å². The second-order valence-corrected chi connectivity index (χ2v) is 13.8. The van der Waals surface area contributed by atoms with Gasteiger partial charge in [0.25, 0.3) is 20.0 Å². The smallest absolute Gasteiger partial charge is 0.264 e. The molecule has 0 aliphatic rings. The lowest BCUT2D eigenvalue weighted by atomic mass is 10.2. The lowest BCUT2D eigenvalue weighted by Gasteiger charge is -2.24. The number of benzene rings is 4. The number of hydrogen-bond donors (Lipinski definition) is 2. The lowest BCUT2D eigenvalue weighted by molar-refractivity contribution is -0.114. The second kappa shape index (κ2) is 12.3. The molecular weight excluding hydrogens is 629 g/mol. The van der Waals surface area contributed by atoms with E-state index in [1.807, 2.05) is 6.92 Å². The summed E-state index contributed by atoms with van der Waals surface area (Å²) in [6, 6.07) is 20.7. The number of carbonyl (C=O) groups excluding carboxylic acids is 1. The highest BCUT2D eigenvalue weighted by molar-refractivity contribution is 7.93. The Morgan fingerprint density at radius 3 is 1.93 bits per heavy atom. The van der Waals surface area contributed by atoms with Crippen molar-refractivity contribution < 1.29 is 21.6 Å². The van der Waals surface area contributed by atoms with Crippen molar-refractivity contribution in [2.45, 2.75) is 23.6 Å². The summed E-state index contributed by atoms with van der Waals surface area (Å²) in [5.41, 5.74) is 2.37. The molecule has 0 aliphatic carbocycles. The molecule has 0 aromatic heterocycles. The normalized spacial score (nSPS) is 11.6. The number of nitrogens with zero attached hydrogens (tertiary/aromatic N) is 1. The van der Waals surface area contributed by atoms with Gasteiger partial charge in [-0.2, -0.15) is 0 Å². The third-order valence-corrected chi connectivity index (χ3v) is 10.3. The number of hydrogen-bond acceptors (Lipinski definition) is 5. The Labute approximate surface area is 254 Å². The summed E-state index contributed by atoms with van der Waals surface area (Å²) >= 11 is 18.2. The number of nitrogens with one attached hydrogen (secondary N) is 2. The Bertz CT molecular complexity index is 1810. The van der Waals surface area contributed by atoms with Gasteiger partial charge in [-0.25, -0.2) is 16.8 Å². The Morgan fingerprint density at radius 2 is 1.32 bits per heavy atom. The molecule has 41 heavy (non-hydrogen) atoms. The van der Waals surface area contributed by atoms with Crippen LogP contribution in [0.3, 0.4) is 0 Å². The van der Waals surface area contributed by atoms with E-state index in [0.29, 0.717) is 10.7 Å². The minimum Gasteiger partial charge on any atom is -0.325 e. The highest BCUT2D eigenvalue weighted by atomic mass is 35.5. The minimum atomic E-state index is -4.18. The average molecular weight is 653 g/mol. The summed E-state index contributed by atoms with van der Waals surface area (Å²) in [6.45, 7) is 3.03. The molecule has 0 bridgehead atoms. The zero-order chi connectivity index (χ0) is 29.9. The fourth-order valence-corrected chi connectivity index (χ4v) is 6.65. The number of amides is 1. The summed E-state index contributed by atoms with van der Waals surface area (Å²) in [4.78, 5) is 13.0. The van der Waals surface area contributed by atoms with Crippen molar-refractivity contribution in [2.24, 2.45) is 0 Å². The topological polar surface area (TPSA) is 113 Å². The fraction of sp³-hybridized carbons (Fsp3) is 0.107. The van der Waals surface area contributed by atoms with E-state index in [9.17, 15) is 21.6 Å². The third-order valence-electron chi connectivity index (χ3n) is 5.96. The van der Waals surface area contributed by atoms with Crippen LogP contribution in [-0.2, 0) is 24.8 Å². The van der Waals surface area contributed by atoms with E-state index in [1.165, 1.54) is 60.7 Å². The molecule has 0 heterocycles. The van der Waals surface area contributed by atoms with Crippen LogP contribution in [0, 0.1) is 13.8 Å². The predicted molar refractivity (Wildman–Crippen MR) is 164 cm³/mol. The molecule has 4 rings (SSSR count). The summed E-state index contributed by atoms with van der Waals surface area (Å²) in [6.07, 6.45) is 0. The molecule has 2 N–H and O–H groups in total. The van der Waals surface area contributed by atoms with E-state index < -0.39 is 32.5 Å². The van der Waals surface area contributed by atoms with Crippen molar-refractivity contribution in [1.29, 1.82) is 0 Å². The van der Waals surface area contributed by atoms with Gasteiger partial charge >= 0.3 is 0 Å². The maximum absolute atomic E-state index is 13.6. The molecule has 0 unspecified atom stereocenters. The molecule has 4 aromatic rings. The van der Waals surface area contributed by atoms with Crippen molar-refractivity contribution in [1.82, 2.24) is 0 Å². The predicted octanol–water partition coefficient (Wildman–Crippen LogP) is 6.90. The molecule has 13 heteroatoms. The zero-order valence-corrected chi connectivity index (χ0v) is 25.6. The lowest BCUT2D eigenvalue weighted by Crippen LogP contribution is -2.38. The van der Waals surface area contributed by atoms with Crippen LogP contribution in [0.4, 0.5) is 17.1 Å². The largest absolute Gasteiger partial charge is 0.325 e. The van der Waals surface area contributed by atoms with Crippen molar-refractivity contribution in [3.8, 4) is 0 Å². The minimum absolute atomic E-state index is 0.0149. The van der Waals surface area contributed by atoms with Gasteiger partial charge in [0.1, 0.15) is 6.54 Å². The summed E-state index contributed by atoms with van der Waals surface area (Å²) in [7, 11) is -8.11. The number of aryl methyl sites for hydroxylation is 2. The SMILES string of the molecule is Cc1ccc(S(=O)(=O)N(CC(=O)Nc2ccc(S(=O)(=O)Nc3ccc(C)c(Cl)c3)cc2)c2ccc(Cl)c(Cl)c2)cc1. The summed E-state index contributed by atoms with van der Waals surface area (Å²) in [5, 5.41) is 3.37. The van der Waals surface area contributed by atoms with Gasteiger partial charge in [0.05, 0.1) is 31.2 Å². The van der Waals surface area contributed by atoms with Crippen LogP contribution in [0.5, 0.6) is 0 Å². The fourth-order valence-electron chi connectivity index (χ4n) is 3.71. The van der Waals surface area contributed by atoms with E-state index in [0.717, 1.165) is 15.4 Å². The van der Waals surface area contributed by atoms with E-state index in [2.05, 4.69) is 10.0 Å². The molecule has 0 spiro atoms. The maximum atomic E-state index is 13.6. The molecule has 0 saturated carbocycles. The molecule has 214 valence electrons. The number of anilines is 3. The zero-order valence-electron chi connectivity index (χ0n) is 21.7. The number of sulfonamides is 2. The van der Waals surface area contributed by atoms with Crippen molar-refractivity contribution in [3.05, 3.63) is 111 Å².